The Morgan fingerprint density at radius 3 is 2.69 bits per heavy atom. The van der Waals surface area contributed by atoms with Gasteiger partial charge in [-0.15, -0.1) is 6.58 Å². The van der Waals surface area contributed by atoms with Crippen molar-refractivity contribution in [1.29, 1.82) is 0 Å². The molecule has 1 amide bonds. The number of rotatable bonds is 11. The summed E-state index contributed by atoms with van der Waals surface area (Å²) >= 11 is 0. The number of amides is 1. The summed E-state index contributed by atoms with van der Waals surface area (Å²) in [6, 6.07) is 6.38. The Kier molecular flexibility index (Phi) is 8.72. The molecule has 12 nitrogen and oxygen atoms in total. The second kappa shape index (κ2) is 12.6. The number of hydrogen-bond donors (Lipinski definition) is 1. The van der Waals surface area contributed by atoms with Crippen molar-refractivity contribution in [3.05, 3.63) is 59.6 Å². The van der Waals surface area contributed by atoms with Gasteiger partial charge in [-0.25, -0.2) is 19.4 Å². The molecule has 0 atom stereocenters. The van der Waals surface area contributed by atoms with Crippen molar-refractivity contribution in [2.24, 2.45) is 5.10 Å². The topological polar surface area (TPSA) is 113 Å². The summed E-state index contributed by atoms with van der Waals surface area (Å²) < 4.78 is 8.81. The number of hydrogen-bond acceptors (Lipinski definition) is 9. The van der Waals surface area contributed by atoms with Crippen LogP contribution in [0.5, 0.6) is 5.75 Å². The highest BCUT2D eigenvalue weighted by molar-refractivity contribution is 5.99. The molecule has 0 spiro atoms. The molecule has 1 aromatic carbocycles. The largest absolute Gasteiger partial charge is 0.495 e. The van der Waals surface area contributed by atoms with Crippen LogP contribution in [0, 0.1) is 0 Å². The van der Waals surface area contributed by atoms with Gasteiger partial charge < -0.3 is 15.0 Å². The second-order valence-corrected chi connectivity index (χ2v) is 10.8. The average molecular weight is 574 g/mol. The molecular weight excluding hydrogens is 534 g/mol. The smallest absolute Gasteiger partial charge is 0.278 e. The third-order valence-corrected chi connectivity index (χ3v) is 7.66. The number of allylic oxidation sites excluding steroid dienone is 3. The van der Waals surface area contributed by atoms with E-state index in [0.29, 0.717) is 35.3 Å². The van der Waals surface area contributed by atoms with Crippen molar-refractivity contribution in [1.82, 2.24) is 29.2 Å². The number of benzene rings is 1. The number of hydrazone groups is 1. The van der Waals surface area contributed by atoms with Gasteiger partial charge in [0.1, 0.15) is 11.1 Å². The lowest BCUT2D eigenvalue weighted by atomic mass is 10.1. The van der Waals surface area contributed by atoms with E-state index < -0.39 is 0 Å². The van der Waals surface area contributed by atoms with E-state index >= 15 is 0 Å². The van der Waals surface area contributed by atoms with Crippen LogP contribution in [0.3, 0.4) is 0 Å². The monoisotopic (exact) mass is 573 g/mol. The standard InChI is InChI=1S/C30H39N9O3/c1-6-10-27(34-37(20-40)21(3)4)39-28-24(29(41)38(39)13-7-2)17-31-30(33-28)32-22-11-12-25(26(16-22)42-5)36-18-23(19-36)35-14-8-9-15-35/h6-7,10-12,16-17,20-21,23H,2,8-9,13-15,18-19H2,1,3-5H3,(H,31,32,33)/b10-6-,34-27+. The number of carbonyl (C=O) groups is 1. The Bertz CT molecular complexity index is 1560. The van der Waals surface area contributed by atoms with Gasteiger partial charge in [0.25, 0.3) is 5.56 Å². The van der Waals surface area contributed by atoms with Crippen LogP contribution in [0.25, 0.3) is 11.0 Å². The van der Waals surface area contributed by atoms with E-state index in [1.165, 1.54) is 41.8 Å². The normalized spacial score (nSPS) is 16.4. The molecule has 12 heteroatoms. The summed E-state index contributed by atoms with van der Waals surface area (Å²) in [6.45, 7) is 13.9. The number of fused-ring (bicyclic) bond motifs is 1. The minimum absolute atomic E-state index is 0.184. The molecule has 3 aromatic rings. The van der Waals surface area contributed by atoms with E-state index in [1.54, 1.807) is 30.0 Å². The maximum atomic E-state index is 13.3. The fourth-order valence-corrected chi connectivity index (χ4v) is 5.42. The van der Waals surface area contributed by atoms with Gasteiger partial charge in [0.15, 0.2) is 11.5 Å². The maximum Gasteiger partial charge on any atom is 0.278 e. The molecule has 0 radical (unpaired) electrons. The third-order valence-electron chi connectivity index (χ3n) is 7.66. The summed E-state index contributed by atoms with van der Waals surface area (Å²) in [5.74, 6) is 1.42. The minimum Gasteiger partial charge on any atom is -0.495 e. The van der Waals surface area contributed by atoms with Gasteiger partial charge >= 0.3 is 0 Å². The van der Waals surface area contributed by atoms with Crippen LogP contribution >= 0.6 is 0 Å². The molecule has 42 heavy (non-hydrogen) atoms. The zero-order valence-corrected chi connectivity index (χ0v) is 24.7. The van der Waals surface area contributed by atoms with Crippen molar-refractivity contribution in [3.8, 4) is 5.75 Å². The molecule has 0 unspecified atom stereocenters. The molecule has 2 fully saturated rings. The molecule has 0 bridgehead atoms. The Morgan fingerprint density at radius 1 is 1.29 bits per heavy atom. The lowest BCUT2D eigenvalue weighted by molar-refractivity contribution is -0.119. The van der Waals surface area contributed by atoms with Gasteiger partial charge in [-0.05, 0) is 64.9 Å². The zero-order valence-electron chi connectivity index (χ0n) is 24.7. The Morgan fingerprint density at radius 2 is 2.05 bits per heavy atom. The number of anilines is 3. The van der Waals surface area contributed by atoms with Crippen molar-refractivity contribution in [2.75, 3.05) is 43.5 Å². The van der Waals surface area contributed by atoms with Crippen molar-refractivity contribution < 1.29 is 9.53 Å². The Hall–Kier alpha value is -4.45. The molecule has 0 aliphatic carbocycles. The molecule has 2 aliphatic heterocycles. The predicted molar refractivity (Wildman–Crippen MR) is 166 cm³/mol. The molecule has 4 heterocycles. The Labute approximate surface area is 245 Å². The average Bonchev–Trinajstić information content (AvgIpc) is 3.58. The zero-order chi connectivity index (χ0) is 29.8. The minimum atomic E-state index is -0.288. The lowest BCUT2D eigenvalue weighted by Crippen LogP contribution is -2.58. The molecule has 0 saturated carbocycles. The molecule has 5 rings (SSSR count). The summed E-state index contributed by atoms with van der Waals surface area (Å²) in [4.78, 5) is 39.1. The van der Waals surface area contributed by atoms with Gasteiger partial charge in [0.2, 0.25) is 12.4 Å². The van der Waals surface area contributed by atoms with E-state index in [-0.39, 0.29) is 18.1 Å². The van der Waals surface area contributed by atoms with Crippen LogP contribution in [0.1, 0.15) is 33.6 Å². The quantitative estimate of drug-likeness (QED) is 0.122. The van der Waals surface area contributed by atoms with Crippen LogP contribution < -0.4 is 20.5 Å². The molecular formula is C30H39N9O3. The fraction of sp³-hybridized carbons (Fsp3) is 0.433. The number of ether oxygens (including phenoxy) is 1. The fourth-order valence-electron chi connectivity index (χ4n) is 5.42. The first-order chi connectivity index (χ1) is 20.4. The van der Waals surface area contributed by atoms with Crippen LogP contribution in [0.15, 0.2) is 59.1 Å². The predicted octanol–water partition coefficient (Wildman–Crippen LogP) is 3.42. The summed E-state index contributed by atoms with van der Waals surface area (Å²) in [5.41, 5.74) is 1.87. The number of nitrogens with one attached hydrogen (secondary N) is 1. The summed E-state index contributed by atoms with van der Waals surface area (Å²) in [5, 5.41) is 9.40. The van der Waals surface area contributed by atoms with E-state index in [0.717, 1.165) is 30.2 Å². The lowest BCUT2D eigenvalue weighted by Gasteiger charge is -2.45. The molecule has 2 aromatic heterocycles. The number of nitrogens with zero attached hydrogens (tertiary/aromatic N) is 8. The van der Waals surface area contributed by atoms with E-state index in [9.17, 15) is 9.59 Å². The third kappa shape index (κ3) is 5.67. The summed E-state index contributed by atoms with van der Waals surface area (Å²) in [7, 11) is 1.67. The summed E-state index contributed by atoms with van der Waals surface area (Å²) in [6.07, 6.45) is 9.87. The Balaban J connectivity index is 1.47. The molecule has 2 aliphatic rings. The number of aromatic nitrogens is 4. The van der Waals surface area contributed by atoms with Crippen molar-refractivity contribution >= 4 is 40.6 Å². The first-order valence-corrected chi connectivity index (χ1v) is 14.4. The number of carbonyl (C=O) groups excluding carboxylic acids is 1. The van der Waals surface area contributed by atoms with Crippen molar-refractivity contribution in [2.45, 2.75) is 52.2 Å². The van der Waals surface area contributed by atoms with Gasteiger partial charge in [-0.1, -0.05) is 12.2 Å². The number of likely N-dealkylation sites (tertiary alicyclic amines) is 1. The SMILES string of the molecule is C=CCn1c(=O)c2cnc(Nc3ccc(N4CC(N5CCCC5)C4)c(OC)c3)nc2n1C(/C=C\C)=N/N(C=O)C(C)C. The van der Waals surface area contributed by atoms with Crippen molar-refractivity contribution in [3.63, 3.8) is 0 Å². The van der Waals surface area contributed by atoms with Gasteiger partial charge in [0, 0.05) is 43.1 Å². The maximum absolute atomic E-state index is 13.3. The van der Waals surface area contributed by atoms with Gasteiger partial charge in [-0.2, -0.15) is 10.1 Å². The van der Waals surface area contributed by atoms with Crippen LogP contribution in [0.4, 0.5) is 17.3 Å². The first kappa shape index (κ1) is 29.1. The van der Waals surface area contributed by atoms with Crippen LogP contribution in [-0.2, 0) is 11.3 Å². The molecule has 2 saturated heterocycles. The molecule has 222 valence electrons. The van der Waals surface area contributed by atoms with E-state index in [1.807, 2.05) is 39.0 Å². The second-order valence-electron chi connectivity index (χ2n) is 10.8. The van der Waals surface area contributed by atoms with Crippen LogP contribution in [-0.4, -0.2) is 86.9 Å². The highest BCUT2D eigenvalue weighted by Crippen LogP contribution is 2.36. The number of methoxy groups -OCH3 is 1. The first-order valence-electron chi connectivity index (χ1n) is 14.4. The molecule has 1 N–H and O–H groups in total. The van der Waals surface area contributed by atoms with Gasteiger partial charge in [0.05, 0.1) is 19.3 Å². The van der Waals surface area contributed by atoms with E-state index in [2.05, 4.69) is 31.8 Å². The highest BCUT2D eigenvalue weighted by atomic mass is 16.5. The van der Waals surface area contributed by atoms with E-state index in [4.69, 9.17) is 9.72 Å². The highest BCUT2D eigenvalue weighted by Gasteiger charge is 2.34. The van der Waals surface area contributed by atoms with Gasteiger partial charge in [-0.3, -0.25) is 14.5 Å². The van der Waals surface area contributed by atoms with Crippen LogP contribution in [0.2, 0.25) is 0 Å².